The third kappa shape index (κ3) is 4.02. The topological polar surface area (TPSA) is 66.5 Å². The minimum absolute atomic E-state index is 0.0914. The van der Waals surface area contributed by atoms with Crippen molar-refractivity contribution < 1.29 is 9.63 Å². The Morgan fingerprint density at radius 3 is 2.59 bits per heavy atom. The van der Waals surface area contributed by atoms with Gasteiger partial charge in [-0.1, -0.05) is 36.4 Å². The lowest BCUT2D eigenvalue weighted by Crippen LogP contribution is -2.35. The molecule has 32 heavy (non-hydrogen) atoms. The van der Waals surface area contributed by atoms with Gasteiger partial charge in [-0.3, -0.25) is 14.6 Å². The van der Waals surface area contributed by atoms with Gasteiger partial charge >= 0.3 is 0 Å². The van der Waals surface area contributed by atoms with E-state index in [2.05, 4.69) is 41.6 Å². The second-order valence-corrected chi connectivity index (χ2v) is 7.91. The molecule has 0 radical (unpaired) electrons. The molecule has 2 N–H and O–H groups in total. The van der Waals surface area contributed by atoms with Crippen LogP contribution in [-0.2, 0) is 9.63 Å². The Hall–Kier alpha value is -3.48. The molecule has 3 aromatic rings. The smallest absolute Gasteiger partial charge is 0.211 e. The third-order valence-corrected chi connectivity index (χ3v) is 5.97. The molecule has 164 valence electrons. The fraction of sp³-hybridized carbons (Fsp3) is 0.231. The van der Waals surface area contributed by atoms with Crippen LogP contribution < -0.4 is 10.6 Å². The Bertz CT molecular complexity index is 1160. The molecule has 0 saturated carbocycles. The highest BCUT2D eigenvalue weighted by Crippen LogP contribution is 2.42. The van der Waals surface area contributed by atoms with E-state index < -0.39 is 0 Å². The number of nitrogens with zero attached hydrogens (tertiary/aromatic N) is 2. The highest BCUT2D eigenvalue weighted by molar-refractivity contribution is 5.98. The molecule has 6 heteroatoms. The first kappa shape index (κ1) is 21.7. The van der Waals surface area contributed by atoms with Crippen molar-refractivity contribution in [2.75, 3.05) is 31.3 Å². The quantitative estimate of drug-likeness (QED) is 0.537. The van der Waals surface area contributed by atoms with Crippen molar-refractivity contribution in [3.63, 3.8) is 0 Å². The largest absolute Gasteiger partial charge is 0.386 e. The van der Waals surface area contributed by atoms with Crippen molar-refractivity contribution >= 4 is 23.4 Å². The van der Waals surface area contributed by atoms with Gasteiger partial charge in [0.25, 0.3) is 0 Å². The molecule has 1 aliphatic heterocycles. The number of hydrogen-bond acceptors (Lipinski definition) is 5. The molecule has 0 bridgehead atoms. The summed E-state index contributed by atoms with van der Waals surface area (Å²) < 4.78 is 0. The van der Waals surface area contributed by atoms with Crippen LogP contribution in [0.25, 0.3) is 28.0 Å². The molecule has 1 atom stereocenters. The average Bonchev–Trinajstić information content (AvgIpc) is 2.83. The number of aromatic nitrogens is 1. The van der Waals surface area contributed by atoms with E-state index >= 15 is 0 Å². The van der Waals surface area contributed by atoms with E-state index in [0.29, 0.717) is 13.0 Å². The van der Waals surface area contributed by atoms with Crippen LogP contribution in [-0.4, -0.2) is 43.2 Å². The van der Waals surface area contributed by atoms with Gasteiger partial charge in [-0.25, -0.2) is 0 Å². The van der Waals surface area contributed by atoms with Crippen LogP contribution in [0.5, 0.6) is 0 Å². The Labute approximate surface area is 188 Å². The van der Waals surface area contributed by atoms with Gasteiger partial charge in [0, 0.05) is 37.0 Å². The summed E-state index contributed by atoms with van der Waals surface area (Å²) in [5, 5.41) is 8.06. The fourth-order valence-corrected chi connectivity index (χ4v) is 4.28. The van der Waals surface area contributed by atoms with Crippen molar-refractivity contribution in [3.8, 4) is 22.4 Å². The molecule has 0 fully saturated rings. The maximum atomic E-state index is 11.5. The molecule has 1 unspecified atom stereocenters. The first-order valence-corrected chi connectivity index (χ1v) is 10.7. The monoisotopic (exact) mass is 428 g/mol. The Morgan fingerprint density at radius 1 is 1.09 bits per heavy atom. The van der Waals surface area contributed by atoms with Gasteiger partial charge in [-0.2, -0.15) is 5.06 Å². The Kier molecular flexibility index (Phi) is 6.35. The summed E-state index contributed by atoms with van der Waals surface area (Å²) in [4.78, 5) is 22.0. The van der Waals surface area contributed by atoms with Crippen molar-refractivity contribution in [2.45, 2.75) is 19.9 Å². The highest BCUT2D eigenvalue weighted by Gasteiger charge is 2.26. The molecule has 0 spiro atoms. The van der Waals surface area contributed by atoms with E-state index in [1.54, 1.807) is 6.20 Å². The molecule has 4 rings (SSSR count). The minimum atomic E-state index is 0.0914. The van der Waals surface area contributed by atoms with Crippen LogP contribution in [0.1, 0.15) is 19.4 Å². The predicted molar refractivity (Wildman–Crippen MR) is 130 cm³/mol. The molecule has 0 saturated heterocycles. The van der Waals surface area contributed by atoms with Crippen LogP contribution in [0.3, 0.4) is 0 Å². The lowest BCUT2D eigenvalue weighted by atomic mass is 9.89. The van der Waals surface area contributed by atoms with E-state index in [-0.39, 0.29) is 6.04 Å². The number of nitrogens with one attached hydrogen (secondary N) is 2. The summed E-state index contributed by atoms with van der Waals surface area (Å²) in [6, 6.07) is 18.4. The van der Waals surface area contributed by atoms with Gasteiger partial charge in [0.05, 0.1) is 29.7 Å². The second-order valence-electron chi connectivity index (χ2n) is 7.91. The predicted octanol–water partition coefficient (Wildman–Crippen LogP) is 5.06. The molecular weight excluding hydrogens is 400 g/mol. The summed E-state index contributed by atoms with van der Waals surface area (Å²) in [6.07, 6.45) is 2.51. The molecule has 2 aromatic carbocycles. The molecule has 1 aliphatic rings. The zero-order valence-electron chi connectivity index (χ0n) is 18.8. The number of amides is 1. The summed E-state index contributed by atoms with van der Waals surface area (Å²) in [5.41, 5.74) is 8.81. The van der Waals surface area contributed by atoms with E-state index in [1.807, 2.05) is 61.6 Å². The number of carbonyl (C=O) groups is 1. The zero-order chi connectivity index (χ0) is 22.7. The maximum Gasteiger partial charge on any atom is 0.211 e. The number of carbonyl (C=O) groups excluding carboxylic acids is 1. The van der Waals surface area contributed by atoms with Crippen LogP contribution >= 0.6 is 0 Å². The number of benzene rings is 2. The third-order valence-electron chi connectivity index (χ3n) is 5.97. The molecule has 0 aliphatic carbocycles. The molecule has 1 amide bonds. The zero-order valence-corrected chi connectivity index (χ0v) is 18.8. The highest BCUT2D eigenvalue weighted by atomic mass is 16.7. The van der Waals surface area contributed by atoms with Crippen LogP contribution in [0, 0.1) is 0 Å². The second kappa shape index (κ2) is 9.34. The number of hydrogen-bond donors (Lipinski definition) is 2. The van der Waals surface area contributed by atoms with E-state index in [4.69, 9.17) is 4.84 Å². The van der Waals surface area contributed by atoms with Gasteiger partial charge in [-0.15, -0.1) is 0 Å². The van der Waals surface area contributed by atoms with Gasteiger partial charge in [0.1, 0.15) is 0 Å². The van der Waals surface area contributed by atoms with Gasteiger partial charge in [-0.05, 0) is 48.8 Å². The van der Waals surface area contributed by atoms with Crippen molar-refractivity contribution in [1.29, 1.82) is 0 Å². The number of rotatable bonds is 6. The van der Waals surface area contributed by atoms with Crippen LogP contribution in [0.15, 0.2) is 66.4 Å². The standard InChI is InChI=1S/C26H28N4O2/c1-17-15-32-30(4)18(2)24(17)20-13-22(26(29-16-31)23(14-20)27-3)21-11-8-12-28-25(21)19-9-6-5-7-10-19/h5-14,16,18,27H,15H2,1-4H3,(H,29,31). The molecule has 2 heterocycles. The Balaban J connectivity index is 1.99. The molecule has 1 aromatic heterocycles. The summed E-state index contributed by atoms with van der Waals surface area (Å²) in [6.45, 7) is 4.79. The lowest BCUT2D eigenvalue weighted by Gasteiger charge is -2.33. The fourth-order valence-electron chi connectivity index (χ4n) is 4.28. The first-order valence-electron chi connectivity index (χ1n) is 10.7. The lowest BCUT2D eigenvalue weighted by molar-refractivity contribution is -0.149. The SMILES string of the molecule is CNc1cc(C2=C(C)CON(C)C2C)cc(-c2cccnc2-c2ccccc2)c1NC=O. The summed E-state index contributed by atoms with van der Waals surface area (Å²) in [7, 11) is 3.81. The Morgan fingerprint density at radius 2 is 1.88 bits per heavy atom. The van der Waals surface area contributed by atoms with E-state index in [1.165, 1.54) is 11.1 Å². The van der Waals surface area contributed by atoms with Gasteiger partial charge in [0.2, 0.25) is 6.41 Å². The van der Waals surface area contributed by atoms with Crippen LogP contribution in [0.4, 0.5) is 11.4 Å². The average molecular weight is 429 g/mol. The number of likely N-dealkylation sites (N-methyl/N-ethyl adjacent to an activating group) is 1. The number of pyridine rings is 1. The molecule has 6 nitrogen and oxygen atoms in total. The number of hydroxylamine groups is 2. The van der Waals surface area contributed by atoms with Crippen LogP contribution in [0.2, 0.25) is 0 Å². The van der Waals surface area contributed by atoms with Crippen molar-refractivity contribution in [1.82, 2.24) is 10.0 Å². The van der Waals surface area contributed by atoms with Gasteiger partial charge in [0.15, 0.2) is 0 Å². The first-order chi connectivity index (χ1) is 15.5. The summed E-state index contributed by atoms with van der Waals surface area (Å²) in [5.74, 6) is 0. The maximum absolute atomic E-state index is 11.5. The molecular formula is C26H28N4O2. The minimum Gasteiger partial charge on any atom is -0.386 e. The van der Waals surface area contributed by atoms with Gasteiger partial charge < -0.3 is 10.6 Å². The van der Waals surface area contributed by atoms with Crippen molar-refractivity contribution in [2.24, 2.45) is 0 Å². The normalized spacial score (nSPS) is 16.7. The van der Waals surface area contributed by atoms with Crippen molar-refractivity contribution in [3.05, 3.63) is 71.9 Å². The number of anilines is 2. The van der Waals surface area contributed by atoms with E-state index in [0.717, 1.165) is 39.3 Å². The van der Waals surface area contributed by atoms with E-state index in [9.17, 15) is 4.79 Å². The summed E-state index contributed by atoms with van der Waals surface area (Å²) >= 11 is 0.